The Bertz CT molecular complexity index is 530. The Labute approximate surface area is 117 Å². The van der Waals surface area contributed by atoms with Gasteiger partial charge in [-0.1, -0.05) is 20.8 Å². The number of nitrogens with one attached hydrogen (secondary N) is 2. The molecule has 0 aliphatic carbocycles. The van der Waals surface area contributed by atoms with Crippen LogP contribution in [0.2, 0.25) is 0 Å². The Morgan fingerprint density at radius 2 is 2.11 bits per heavy atom. The predicted octanol–water partition coefficient (Wildman–Crippen LogP) is 3.08. The SMILES string of the molecule is CCNc1cc(Sc2ncc[nH]2)nc(C(C)(C)C)n1. The molecule has 102 valence electrons. The van der Waals surface area contributed by atoms with Crippen LogP contribution in [0.5, 0.6) is 0 Å². The van der Waals surface area contributed by atoms with Crippen LogP contribution < -0.4 is 5.32 Å². The van der Waals surface area contributed by atoms with Crippen LogP contribution in [0.4, 0.5) is 5.82 Å². The normalized spacial score (nSPS) is 11.6. The zero-order valence-corrected chi connectivity index (χ0v) is 12.5. The molecular formula is C13H19N5S. The highest BCUT2D eigenvalue weighted by Crippen LogP contribution is 2.27. The molecule has 2 aromatic heterocycles. The summed E-state index contributed by atoms with van der Waals surface area (Å²) in [6, 6.07) is 1.95. The van der Waals surface area contributed by atoms with E-state index in [0.717, 1.165) is 28.4 Å². The quantitative estimate of drug-likeness (QED) is 0.841. The van der Waals surface area contributed by atoms with Gasteiger partial charge in [-0.3, -0.25) is 0 Å². The van der Waals surface area contributed by atoms with Gasteiger partial charge in [-0.2, -0.15) is 0 Å². The smallest absolute Gasteiger partial charge is 0.171 e. The van der Waals surface area contributed by atoms with Crippen molar-refractivity contribution >= 4 is 17.6 Å². The van der Waals surface area contributed by atoms with Gasteiger partial charge in [-0.25, -0.2) is 15.0 Å². The third-order valence-electron chi connectivity index (χ3n) is 2.41. The van der Waals surface area contributed by atoms with E-state index in [0.29, 0.717) is 0 Å². The van der Waals surface area contributed by atoms with Crippen molar-refractivity contribution in [3.05, 3.63) is 24.3 Å². The van der Waals surface area contributed by atoms with Crippen LogP contribution in [0, 0.1) is 0 Å². The van der Waals surface area contributed by atoms with Crippen LogP contribution in [0.25, 0.3) is 0 Å². The third kappa shape index (κ3) is 3.70. The first-order chi connectivity index (χ1) is 8.99. The number of rotatable bonds is 4. The highest BCUT2D eigenvalue weighted by molar-refractivity contribution is 7.99. The fourth-order valence-electron chi connectivity index (χ4n) is 1.49. The molecule has 5 nitrogen and oxygen atoms in total. The molecule has 0 amide bonds. The third-order valence-corrected chi connectivity index (χ3v) is 3.24. The van der Waals surface area contributed by atoms with Gasteiger partial charge in [0, 0.05) is 30.4 Å². The molecule has 2 aromatic rings. The molecular weight excluding hydrogens is 258 g/mol. The topological polar surface area (TPSA) is 66.5 Å². The Morgan fingerprint density at radius 3 is 2.68 bits per heavy atom. The number of anilines is 1. The van der Waals surface area contributed by atoms with Gasteiger partial charge in [0.1, 0.15) is 16.7 Å². The molecule has 0 radical (unpaired) electrons. The average molecular weight is 277 g/mol. The van der Waals surface area contributed by atoms with Crippen LogP contribution >= 0.6 is 11.8 Å². The number of aromatic nitrogens is 4. The van der Waals surface area contributed by atoms with Crippen LogP contribution in [0.15, 0.2) is 28.6 Å². The van der Waals surface area contributed by atoms with Crippen molar-refractivity contribution in [1.82, 2.24) is 19.9 Å². The molecule has 2 rings (SSSR count). The first-order valence-corrected chi connectivity index (χ1v) is 7.11. The lowest BCUT2D eigenvalue weighted by Gasteiger charge is -2.18. The second-order valence-corrected chi connectivity index (χ2v) is 6.20. The summed E-state index contributed by atoms with van der Waals surface area (Å²) in [4.78, 5) is 16.4. The van der Waals surface area contributed by atoms with Crippen LogP contribution in [-0.4, -0.2) is 26.5 Å². The Balaban J connectivity index is 2.34. The minimum absolute atomic E-state index is 0.0795. The summed E-state index contributed by atoms with van der Waals surface area (Å²) in [6.45, 7) is 9.22. The van der Waals surface area contributed by atoms with E-state index in [4.69, 9.17) is 0 Å². The summed E-state index contributed by atoms with van der Waals surface area (Å²) in [5.41, 5.74) is -0.0795. The lowest BCUT2D eigenvalue weighted by atomic mass is 9.96. The van der Waals surface area contributed by atoms with Crippen LogP contribution in [0.3, 0.4) is 0 Å². The molecule has 6 heteroatoms. The number of hydrogen-bond donors (Lipinski definition) is 2. The van der Waals surface area contributed by atoms with Crippen molar-refractivity contribution in [2.24, 2.45) is 0 Å². The van der Waals surface area contributed by atoms with Crippen LogP contribution in [0.1, 0.15) is 33.5 Å². The number of aromatic amines is 1. The van der Waals surface area contributed by atoms with Crippen molar-refractivity contribution in [2.45, 2.75) is 43.3 Å². The van der Waals surface area contributed by atoms with E-state index in [1.54, 1.807) is 12.4 Å². The average Bonchev–Trinajstić information content (AvgIpc) is 2.81. The van der Waals surface area contributed by atoms with Crippen LogP contribution in [-0.2, 0) is 5.41 Å². The molecule has 0 aromatic carbocycles. The van der Waals surface area contributed by atoms with Gasteiger partial charge in [0.25, 0.3) is 0 Å². The molecule has 0 unspecified atom stereocenters. The maximum absolute atomic E-state index is 4.61. The zero-order chi connectivity index (χ0) is 13.9. The minimum atomic E-state index is -0.0795. The fraction of sp³-hybridized carbons (Fsp3) is 0.462. The summed E-state index contributed by atoms with van der Waals surface area (Å²) < 4.78 is 0. The molecule has 0 saturated heterocycles. The van der Waals surface area contributed by atoms with Crippen molar-refractivity contribution < 1.29 is 0 Å². The van der Waals surface area contributed by atoms with Crippen molar-refractivity contribution in [3.63, 3.8) is 0 Å². The number of nitrogens with zero attached hydrogens (tertiary/aromatic N) is 3. The zero-order valence-electron chi connectivity index (χ0n) is 11.7. The Morgan fingerprint density at radius 1 is 1.32 bits per heavy atom. The van der Waals surface area contributed by atoms with Crippen molar-refractivity contribution in [1.29, 1.82) is 0 Å². The highest BCUT2D eigenvalue weighted by Gasteiger charge is 2.19. The molecule has 0 spiro atoms. The number of imidazole rings is 1. The first kappa shape index (κ1) is 13.9. The number of H-pyrrole nitrogens is 1. The molecule has 0 bridgehead atoms. The van der Waals surface area contributed by atoms with Gasteiger partial charge < -0.3 is 10.3 Å². The molecule has 2 N–H and O–H groups in total. The summed E-state index contributed by atoms with van der Waals surface area (Å²) in [6.07, 6.45) is 3.54. The fourth-order valence-corrected chi connectivity index (χ4v) is 2.23. The predicted molar refractivity (Wildman–Crippen MR) is 77.6 cm³/mol. The van der Waals surface area contributed by atoms with E-state index in [-0.39, 0.29) is 5.41 Å². The Hall–Kier alpha value is -1.56. The highest BCUT2D eigenvalue weighted by atomic mass is 32.2. The molecule has 0 saturated carbocycles. The summed E-state index contributed by atoms with van der Waals surface area (Å²) in [5, 5.41) is 4.97. The summed E-state index contributed by atoms with van der Waals surface area (Å²) in [5.74, 6) is 1.69. The van der Waals surface area contributed by atoms with E-state index >= 15 is 0 Å². The lowest BCUT2D eigenvalue weighted by Crippen LogP contribution is -2.17. The van der Waals surface area contributed by atoms with Gasteiger partial charge in [-0.15, -0.1) is 0 Å². The van der Waals surface area contributed by atoms with Gasteiger partial charge in [0.2, 0.25) is 0 Å². The summed E-state index contributed by atoms with van der Waals surface area (Å²) in [7, 11) is 0. The molecule has 0 aliphatic heterocycles. The largest absolute Gasteiger partial charge is 0.370 e. The second kappa shape index (κ2) is 5.61. The van der Waals surface area contributed by atoms with Gasteiger partial charge >= 0.3 is 0 Å². The molecule has 0 aliphatic rings. The van der Waals surface area contributed by atoms with E-state index in [9.17, 15) is 0 Å². The van der Waals surface area contributed by atoms with E-state index in [1.165, 1.54) is 11.8 Å². The second-order valence-electron chi connectivity index (χ2n) is 5.19. The molecule has 19 heavy (non-hydrogen) atoms. The molecule has 2 heterocycles. The van der Waals surface area contributed by atoms with Gasteiger partial charge in [-0.05, 0) is 18.7 Å². The van der Waals surface area contributed by atoms with E-state index in [1.807, 2.05) is 6.07 Å². The van der Waals surface area contributed by atoms with Gasteiger partial charge in [0.15, 0.2) is 5.16 Å². The monoisotopic (exact) mass is 277 g/mol. The van der Waals surface area contributed by atoms with Gasteiger partial charge in [0.05, 0.1) is 0 Å². The molecule has 0 fully saturated rings. The Kier molecular flexibility index (Phi) is 4.09. The standard InChI is InChI=1S/C13H19N5S/c1-5-14-9-8-10(19-12-15-6-7-16-12)18-11(17-9)13(2,3)4/h6-8H,5H2,1-4H3,(H,15,16)(H,14,17,18). The van der Waals surface area contributed by atoms with E-state index < -0.39 is 0 Å². The maximum atomic E-state index is 4.61. The van der Waals surface area contributed by atoms with Crippen molar-refractivity contribution in [3.8, 4) is 0 Å². The lowest BCUT2D eigenvalue weighted by molar-refractivity contribution is 0.539. The van der Waals surface area contributed by atoms with E-state index in [2.05, 4.69) is 52.9 Å². The summed E-state index contributed by atoms with van der Waals surface area (Å²) >= 11 is 1.51. The first-order valence-electron chi connectivity index (χ1n) is 6.29. The molecule has 0 atom stereocenters. The number of hydrogen-bond acceptors (Lipinski definition) is 5. The maximum Gasteiger partial charge on any atom is 0.171 e. The minimum Gasteiger partial charge on any atom is -0.370 e. The van der Waals surface area contributed by atoms with Crippen molar-refractivity contribution in [2.75, 3.05) is 11.9 Å².